The highest BCUT2D eigenvalue weighted by Gasteiger charge is 2.16. The first-order valence-corrected chi connectivity index (χ1v) is 7.54. The molecule has 0 aliphatic heterocycles. The highest BCUT2D eigenvalue weighted by molar-refractivity contribution is 6.10. The molecule has 0 saturated heterocycles. The summed E-state index contributed by atoms with van der Waals surface area (Å²) >= 11 is 0. The molecule has 4 nitrogen and oxygen atoms in total. The molecule has 1 aromatic carbocycles. The number of aromatic amines is 1. The average Bonchev–Trinajstić information content (AvgIpc) is 2.80. The van der Waals surface area contributed by atoms with Crippen molar-refractivity contribution in [2.75, 3.05) is 0 Å². The van der Waals surface area contributed by atoms with Crippen LogP contribution >= 0.6 is 0 Å². The van der Waals surface area contributed by atoms with Gasteiger partial charge >= 0.3 is 0 Å². The third-order valence-corrected chi connectivity index (χ3v) is 3.92. The minimum Gasteiger partial charge on any atom is -0.543 e. The zero-order valence-electron chi connectivity index (χ0n) is 13.8. The summed E-state index contributed by atoms with van der Waals surface area (Å²) in [6, 6.07) is 8.00. The number of ketones is 1. The molecule has 1 N–H and O–H groups in total. The summed E-state index contributed by atoms with van der Waals surface area (Å²) in [4.78, 5) is 26.0. The van der Waals surface area contributed by atoms with E-state index in [1.165, 1.54) is 11.6 Å². The van der Waals surface area contributed by atoms with E-state index in [1.54, 1.807) is 19.9 Å². The standard InChI is InChI=1S/C19H21NO3/c1-11(2)15-8-5-14(6-9-15)7-10-16(21)17-12(3)18(19(22)23)20-13(17)4/h5-11,20H,1-4H3,(H,22,23)/p-1/b10-7+. The van der Waals surface area contributed by atoms with Crippen molar-refractivity contribution in [3.63, 3.8) is 0 Å². The van der Waals surface area contributed by atoms with Gasteiger partial charge in [-0.15, -0.1) is 0 Å². The van der Waals surface area contributed by atoms with E-state index in [2.05, 4.69) is 18.8 Å². The lowest BCUT2D eigenvalue weighted by molar-refractivity contribution is -0.255. The highest BCUT2D eigenvalue weighted by Crippen LogP contribution is 2.19. The summed E-state index contributed by atoms with van der Waals surface area (Å²) in [5.74, 6) is -1.07. The van der Waals surface area contributed by atoms with Gasteiger partial charge in [-0.2, -0.15) is 0 Å². The number of rotatable bonds is 5. The van der Waals surface area contributed by atoms with Crippen molar-refractivity contribution in [1.29, 1.82) is 0 Å². The van der Waals surface area contributed by atoms with E-state index >= 15 is 0 Å². The summed E-state index contributed by atoms with van der Waals surface area (Å²) in [6.45, 7) is 7.53. The maximum atomic E-state index is 12.4. The van der Waals surface area contributed by atoms with Crippen LogP contribution in [0.25, 0.3) is 6.08 Å². The second kappa shape index (κ2) is 6.65. The van der Waals surface area contributed by atoms with E-state index in [0.717, 1.165) is 5.56 Å². The topological polar surface area (TPSA) is 73.0 Å². The fraction of sp³-hybridized carbons (Fsp3) is 0.263. The number of hydrogen-bond acceptors (Lipinski definition) is 3. The molecule has 4 heteroatoms. The second-order valence-corrected chi connectivity index (χ2v) is 5.93. The van der Waals surface area contributed by atoms with E-state index in [1.807, 2.05) is 24.3 Å². The van der Waals surface area contributed by atoms with Gasteiger partial charge in [-0.05, 0) is 42.5 Å². The highest BCUT2D eigenvalue weighted by atomic mass is 16.4. The van der Waals surface area contributed by atoms with Crippen LogP contribution in [0.4, 0.5) is 0 Å². The number of H-pyrrole nitrogens is 1. The summed E-state index contributed by atoms with van der Waals surface area (Å²) in [6.07, 6.45) is 3.20. The number of allylic oxidation sites excluding steroid dienone is 1. The molecule has 0 aliphatic carbocycles. The zero-order valence-corrected chi connectivity index (χ0v) is 13.8. The van der Waals surface area contributed by atoms with Crippen LogP contribution in [0.2, 0.25) is 0 Å². The Morgan fingerprint density at radius 3 is 2.22 bits per heavy atom. The van der Waals surface area contributed by atoms with Crippen LogP contribution in [0.5, 0.6) is 0 Å². The number of carboxylic acid groups (broad SMARTS) is 1. The second-order valence-electron chi connectivity index (χ2n) is 5.93. The Labute approximate surface area is 135 Å². The molecular weight excluding hydrogens is 290 g/mol. The number of carbonyl (C=O) groups excluding carboxylic acids is 2. The van der Waals surface area contributed by atoms with Crippen LogP contribution in [0.15, 0.2) is 30.3 Å². The maximum Gasteiger partial charge on any atom is 0.187 e. The zero-order chi connectivity index (χ0) is 17.1. The van der Waals surface area contributed by atoms with Gasteiger partial charge in [0, 0.05) is 11.3 Å². The quantitative estimate of drug-likeness (QED) is 0.681. The monoisotopic (exact) mass is 310 g/mol. The van der Waals surface area contributed by atoms with E-state index in [-0.39, 0.29) is 11.5 Å². The van der Waals surface area contributed by atoms with Crippen LogP contribution < -0.4 is 5.11 Å². The summed E-state index contributed by atoms with van der Waals surface area (Å²) in [5.41, 5.74) is 3.46. The van der Waals surface area contributed by atoms with Gasteiger partial charge in [0.25, 0.3) is 0 Å². The summed E-state index contributed by atoms with van der Waals surface area (Å²) in [7, 11) is 0. The number of aromatic nitrogens is 1. The first-order chi connectivity index (χ1) is 10.8. The number of benzene rings is 1. The number of carbonyl (C=O) groups is 2. The van der Waals surface area contributed by atoms with Crippen molar-refractivity contribution in [2.45, 2.75) is 33.6 Å². The molecule has 1 aromatic heterocycles. The third kappa shape index (κ3) is 3.59. The van der Waals surface area contributed by atoms with Crippen molar-refractivity contribution >= 4 is 17.8 Å². The molecule has 0 atom stereocenters. The molecule has 0 spiro atoms. The molecule has 0 radical (unpaired) electrons. The molecule has 0 aliphatic rings. The van der Waals surface area contributed by atoms with Gasteiger partial charge in [0.15, 0.2) is 5.78 Å². The van der Waals surface area contributed by atoms with E-state index < -0.39 is 5.97 Å². The molecular formula is C19H20NO3-. The molecule has 120 valence electrons. The fourth-order valence-corrected chi connectivity index (χ4v) is 2.57. The summed E-state index contributed by atoms with van der Waals surface area (Å²) < 4.78 is 0. The lowest BCUT2D eigenvalue weighted by Crippen LogP contribution is -2.23. The molecule has 0 bridgehead atoms. The normalized spacial score (nSPS) is 11.3. The van der Waals surface area contributed by atoms with Crippen molar-refractivity contribution in [3.8, 4) is 0 Å². The van der Waals surface area contributed by atoms with E-state index in [4.69, 9.17) is 0 Å². The Bertz CT molecular complexity index is 765. The largest absolute Gasteiger partial charge is 0.543 e. The average molecular weight is 310 g/mol. The van der Waals surface area contributed by atoms with Crippen LogP contribution in [-0.2, 0) is 0 Å². The van der Waals surface area contributed by atoms with Crippen molar-refractivity contribution in [2.24, 2.45) is 0 Å². The molecule has 2 rings (SSSR count). The van der Waals surface area contributed by atoms with Gasteiger partial charge in [0.05, 0.1) is 11.7 Å². The summed E-state index contributed by atoms with van der Waals surface area (Å²) in [5, 5.41) is 11.0. The Morgan fingerprint density at radius 2 is 1.74 bits per heavy atom. The van der Waals surface area contributed by atoms with Crippen molar-refractivity contribution in [1.82, 2.24) is 4.98 Å². The molecule has 2 aromatic rings. The molecule has 1 heterocycles. The lowest BCUT2D eigenvalue weighted by atomic mass is 10.0. The predicted octanol–water partition coefficient (Wildman–Crippen LogP) is 3.01. The van der Waals surface area contributed by atoms with E-state index in [9.17, 15) is 14.7 Å². The Morgan fingerprint density at radius 1 is 1.13 bits per heavy atom. The molecule has 0 fully saturated rings. The first kappa shape index (κ1) is 16.7. The maximum absolute atomic E-state index is 12.4. The Kier molecular flexibility index (Phi) is 4.84. The number of carboxylic acids is 1. The van der Waals surface area contributed by atoms with Gasteiger partial charge in [-0.25, -0.2) is 0 Å². The van der Waals surface area contributed by atoms with Crippen LogP contribution in [-0.4, -0.2) is 16.7 Å². The Balaban J connectivity index is 2.23. The molecule has 0 amide bonds. The fourth-order valence-electron chi connectivity index (χ4n) is 2.57. The predicted molar refractivity (Wildman–Crippen MR) is 88.5 cm³/mol. The van der Waals surface area contributed by atoms with Crippen LogP contribution in [0.1, 0.15) is 63.0 Å². The third-order valence-electron chi connectivity index (χ3n) is 3.92. The van der Waals surface area contributed by atoms with E-state index in [0.29, 0.717) is 22.7 Å². The molecule has 0 saturated carbocycles. The lowest BCUT2D eigenvalue weighted by Gasteiger charge is -2.04. The first-order valence-electron chi connectivity index (χ1n) is 7.54. The van der Waals surface area contributed by atoms with Gasteiger partial charge in [-0.1, -0.05) is 44.2 Å². The number of nitrogens with one attached hydrogen (secondary N) is 1. The van der Waals surface area contributed by atoms with Gasteiger partial charge in [0.1, 0.15) is 0 Å². The Hall–Kier alpha value is -2.62. The number of aromatic carboxylic acids is 1. The molecule has 0 unspecified atom stereocenters. The van der Waals surface area contributed by atoms with Gasteiger partial charge < -0.3 is 14.9 Å². The van der Waals surface area contributed by atoms with Crippen molar-refractivity contribution < 1.29 is 14.7 Å². The van der Waals surface area contributed by atoms with Crippen LogP contribution in [0.3, 0.4) is 0 Å². The smallest absolute Gasteiger partial charge is 0.187 e. The molecule has 23 heavy (non-hydrogen) atoms. The number of aryl methyl sites for hydroxylation is 1. The minimum atomic E-state index is -1.31. The number of hydrogen-bond donors (Lipinski definition) is 1. The SMILES string of the molecule is Cc1[nH]c(C(=O)[O-])c(C)c1C(=O)/C=C/c1ccc(C(C)C)cc1. The van der Waals surface area contributed by atoms with Gasteiger partial charge in [0.2, 0.25) is 0 Å². The van der Waals surface area contributed by atoms with Crippen LogP contribution in [0, 0.1) is 13.8 Å². The minimum absolute atomic E-state index is 0.0412. The van der Waals surface area contributed by atoms with Gasteiger partial charge in [-0.3, -0.25) is 4.79 Å². The van der Waals surface area contributed by atoms with Crippen molar-refractivity contribution in [3.05, 3.63) is 64.0 Å².